The van der Waals surface area contributed by atoms with Crippen molar-refractivity contribution in [2.45, 2.75) is 46.0 Å². The second-order valence-corrected chi connectivity index (χ2v) is 6.44. The summed E-state index contributed by atoms with van der Waals surface area (Å²) < 4.78 is 5.39. The lowest BCUT2D eigenvalue weighted by Gasteiger charge is -2.28. The fourth-order valence-electron chi connectivity index (χ4n) is 3.75. The first-order chi connectivity index (χ1) is 8.58. The van der Waals surface area contributed by atoms with E-state index in [1.807, 2.05) is 0 Å². The van der Waals surface area contributed by atoms with Gasteiger partial charge in [-0.2, -0.15) is 4.98 Å². The largest absolute Gasteiger partial charge is 0.339 e. The van der Waals surface area contributed by atoms with Crippen molar-refractivity contribution in [1.82, 2.24) is 10.1 Å². The average molecular weight is 246 g/mol. The average Bonchev–Trinajstić information content (AvgIpc) is 3.02. The first-order valence-corrected chi connectivity index (χ1v) is 7.09. The fourth-order valence-corrected chi connectivity index (χ4v) is 3.75. The first-order valence-electron chi connectivity index (χ1n) is 7.09. The van der Waals surface area contributed by atoms with Crippen LogP contribution in [0.15, 0.2) is 16.7 Å². The quantitative estimate of drug-likeness (QED) is 0.762. The molecule has 0 N–H and O–H groups in total. The van der Waals surface area contributed by atoms with Crippen molar-refractivity contribution in [3.05, 3.63) is 23.9 Å². The Bertz CT molecular complexity index is 461. The normalized spacial score (nSPS) is 34.1. The SMILES string of the molecule is CC(C)c1nc(C2C3C=CC(C3)C2C(C)C)no1. The highest BCUT2D eigenvalue weighted by atomic mass is 16.5. The molecule has 2 bridgehead atoms. The second kappa shape index (κ2) is 4.22. The maximum atomic E-state index is 5.39. The van der Waals surface area contributed by atoms with Gasteiger partial charge in [-0.3, -0.25) is 0 Å². The van der Waals surface area contributed by atoms with Gasteiger partial charge in [0.15, 0.2) is 5.82 Å². The molecular weight excluding hydrogens is 224 g/mol. The van der Waals surface area contributed by atoms with E-state index in [1.54, 1.807) is 0 Å². The minimum Gasteiger partial charge on any atom is -0.339 e. The molecule has 1 fully saturated rings. The molecule has 1 aromatic rings. The van der Waals surface area contributed by atoms with Crippen molar-refractivity contribution in [2.75, 3.05) is 0 Å². The van der Waals surface area contributed by atoms with Gasteiger partial charge in [-0.15, -0.1) is 0 Å². The molecule has 0 aromatic carbocycles. The summed E-state index contributed by atoms with van der Waals surface area (Å²) in [4.78, 5) is 4.63. The highest BCUT2D eigenvalue weighted by Crippen LogP contribution is 2.54. The van der Waals surface area contributed by atoms with Crippen LogP contribution in [0.1, 0.15) is 57.7 Å². The summed E-state index contributed by atoms with van der Waals surface area (Å²) in [6.07, 6.45) is 6.04. The molecule has 0 amide bonds. The molecule has 0 saturated heterocycles. The third-order valence-corrected chi connectivity index (χ3v) is 4.54. The lowest BCUT2D eigenvalue weighted by atomic mass is 9.76. The van der Waals surface area contributed by atoms with E-state index in [0.29, 0.717) is 29.6 Å². The van der Waals surface area contributed by atoms with E-state index in [0.717, 1.165) is 17.6 Å². The molecule has 1 saturated carbocycles. The van der Waals surface area contributed by atoms with Crippen LogP contribution in [0.3, 0.4) is 0 Å². The van der Waals surface area contributed by atoms with Crippen LogP contribution in [-0.4, -0.2) is 10.1 Å². The molecule has 4 unspecified atom stereocenters. The maximum Gasteiger partial charge on any atom is 0.229 e. The third kappa shape index (κ3) is 1.72. The number of aromatic nitrogens is 2. The van der Waals surface area contributed by atoms with Crippen molar-refractivity contribution in [2.24, 2.45) is 23.7 Å². The van der Waals surface area contributed by atoms with Crippen LogP contribution in [0.2, 0.25) is 0 Å². The van der Waals surface area contributed by atoms with Crippen LogP contribution in [0.5, 0.6) is 0 Å². The molecule has 0 spiro atoms. The smallest absolute Gasteiger partial charge is 0.229 e. The number of nitrogens with zero attached hydrogens (tertiary/aromatic N) is 2. The molecule has 1 heterocycles. The lowest BCUT2D eigenvalue weighted by molar-refractivity contribution is 0.278. The topological polar surface area (TPSA) is 38.9 Å². The summed E-state index contributed by atoms with van der Waals surface area (Å²) in [7, 11) is 0. The Morgan fingerprint density at radius 1 is 1.17 bits per heavy atom. The summed E-state index contributed by atoms with van der Waals surface area (Å²) >= 11 is 0. The summed E-state index contributed by atoms with van der Waals surface area (Å²) in [5, 5.41) is 4.25. The van der Waals surface area contributed by atoms with Crippen LogP contribution in [0, 0.1) is 23.7 Å². The Morgan fingerprint density at radius 2 is 1.89 bits per heavy atom. The Kier molecular flexibility index (Phi) is 2.80. The van der Waals surface area contributed by atoms with Crippen molar-refractivity contribution in [3.8, 4) is 0 Å². The molecule has 0 aliphatic heterocycles. The zero-order valence-electron chi connectivity index (χ0n) is 11.6. The second-order valence-electron chi connectivity index (χ2n) is 6.44. The molecule has 3 heteroatoms. The van der Waals surface area contributed by atoms with E-state index >= 15 is 0 Å². The fraction of sp³-hybridized carbons (Fsp3) is 0.733. The van der Waals surface area contributed by atoms with Gasteiger partial charge in [0.25, 0.3) is 0 Å². The third-order valence-electron chi connectivity index (χ3n) is 4.54. The standard InChI is InChI=1S/C15H22N2O/c1-8(2)12-10-5-6-11(7-10)13(12)14-16-15(9(3)4)18-17-14/h5-6,8-13H,7H2,1-4H3. The zero-order chi connectivity index (χ0) is 12.9. The molecule has 0 radical (unpaired) electrons. The first kappa shape index (κ1) is 11.9. The minimum absolute atomic E-state index is 0.317. The molecule has 3 nitrogen and oxygen atoms in total. The van der Waals surface area contributed by atoms with Crippen molar-refractivity contribution in [1.29, 1.82) is 0 Å². The van der Waals surface area contributed by atoms with Gasteiger partial charge in [-0.05, 0) is 30.1 Å². The molecule has 18 heavy (non-hydrogen) atoms. The van der Waals surface area contributed by atoms with Gasteiger partial charge in [0.05, 0.1) is 0 Å². The van der Waals surface area contributed by atoms with Crippen LogP contribution < -0.4 is 0 Å². The molecule has 2 aliphatic carbocycles. The Balaban J connectivity index is 1.92. The Hall–Kier alpha value is -1.12. The van der Waals surface area contributed by atoms with Gasteiger partial charge in [0.1, 0.15) is 0 Å². The molecule has 4 atom stereocenters. The number of rotatable bonds is 3. The molecule has 1 aromatic heterocycles. The van der Waals surface area contributed by atoms with Gasteiger partial charge in [-0.1, -0.05) is 45.0 Å². The highest BCUT2D eigenvalue weighted by molar-refractivity contribution is 5.21. The van der Waals surface area contributed by atoms with Crippen molar-refractivity contribution >= 4 is 0 Å². The summed E-state index contributed by atoms with van der Waals surface area (Å²) in [6, 6.07) is 0. The maximum absolute atomic E-state index is 5.39. The van der Waals surface area contributed by atoms with Crippen molar-refractivity contribution < 1.29 is 4.52 Å². The van der Waals surface area contributed by atoms with E-state index < -0.39 is 0 Å². The van der Waals surface area contributed by atoms with Gasteiger partial charge in [0, 0.05) is 11.8 Å². The van der Waals surface area contributed by atoms with Gasteiger partial charge < -0.3 is 4.52 Å². The summed E-state index contributed by atoms with van der Waals surface area (Å²) in [6.45, 7) is 8.82. The molecular formula is C15H22N2O. The minimum atomic E-state index is 0.317. The summed E-state index contributed by atoms with van der Waals surface area (Å²) in [5.74, 6) is 5.21. The summed E-state index contributed by atoms with van der Waals surface area (Å²) in [5.41, 5.74) is 0. The number of hydrogen-bond donors (Lipinski definition) is 0. The van der Waals surface area contributed by atoms with Gasteiger partial charge in [-0.25, -0.2) is 0 Å². The zero-order valence-corrected chi connectivity index (χ0v) is 11.6. The Morgan fingerprint density at radius 3 is 2.50 bits per heavy atom. The molecule has 2 aliphatic rings. The number of allylic oxidation sites excluding steroid dienone is 2. The number of hydrogen-bond acceptors (Lipinski definition) is 3. The van der Waals surface area contributed by atoms with E-state index in [9.17, 15) is 0 Å². The van der Waals surface area contributed by atoms with Gasteiger partial charge >= 0.3 is 0 Å². The predicted molar refractivity (Wildman–Crippen MR) is 70.2 cm³/mol. The van der Waals surface area contributed by atoms with Crippen LogP contribution >= 0.6 is 0 Å². The predicted octanol–water partition coefficient (Wildman–Crippen LogP) is 3.75. The van der Waals surface area contributed by atoms with E-state index in [2.05, 4.69) is 50.0 Å². The van der Waals surface area contributed by atoms with E-state index in [-0.39, 0.29) is 0 Å². The van der Waals surface area contributed by atoms with E-state index in [4.69, 9.17) is 4.52 Å². The highest BCUT2D eigenvalue weighted by Gasteiger charge is 2.48. The van der Waals surface area contributed by atoms with Gasteiger partial charge in [0.2, 0.25) is 5.89 Å². The van der Waals surface area contributed by atoms with E-state index in [1.165, 1.54) is 6.42 Å². The van der Waals surface area contributed by atoms with Crippen LogP contribution in [0.4, 0.5) is 0 Å². The number of fused-ring (bicyclic) bond motifs is 2. The Labute approximate surface area is 109 Å². The molecule has 3 rings (SSSR count). The monoisotopic (exact) mass is 246 g/mol. The van der Waals surface area contributed by atoms with Crippen molar-refractivity contribution in [3.63, 3.8) is 0 Å². The molecule has 98 valence electrons. The van der Waals surface area contributed by atoms with Crippen LogP contribution in [-0.2, 0) is 0 Å². The lowest BCUT2D eigenvalue weighted by Crippen LogP contribution is -2.23. The van der Waals surface area contributed by atoms with Crippen LogP contribution in [0.25, 0.3) is 0 Å².